The third-order valence-electron chi connectivity index (χ3n) is 7.65. The highest BCUT2D eigenvalue weighted by Gasteiger charge is 2.28. The van der Waals surface area contributed by atoms with E-state index >= 15 is 0 Å². The lowest BCUT2D eigenvalue weighted by Crippen LogP contribution is -2.39. The first-order valence-electron chi connectivity index (χ1n) is 12.5. The van der Waals surface area contributed by atoms with E-state index in [2.05, 4.69) is 36.2 Å². The summed E-state index contributed by atoms with van der Waals surface area (Å²) in [5.41, 5.74) is 2.09. The van der Waals surface area contributed by atoms with E-state index in [4.69, 9.17) is 16.3 Å². The van der Waals surface area contributed by atoms with Crippen LogP contribution in [0.3, 0.4) is 0 Å². The van der Waals surface area contributed by atoms with E-state index in [9.17, 15) is 4.79 Å². The van der Waals surface area contributed by atoms with Gasteiger partial charge in [0.1, 0.15) is 5.75 Å². The Morgan fingerprint density at radius 2 is 1.70 bits per heavy atom. The maximum atomic E-state index is 12.8. The van der Waals surface area contributed by atoms with Crippen molar-refractivity contribution in [2.75, 3.05) is 27.2 Å². The van der Waals surface area contributed by atoms with E-state index in [0.29, 0.717) is 28.6 Å². The molecule has 2 fully saturated rings. The van der Waals surface area contributed by atoms with Gasteiger partial charge < -0.3 is 14.5 Å². The molecule has 0 aromatic heterocycles. The summed E-state index contributed by atoms with van der Waals surface area (Å²) < 4.78 is 6.04. The Balaban J connectivity index is 1.23. The second-order valence-electron chi connectivity index (χ2n) is 9.76. The lowest BCUT2D eigenvalue weighted by molar-refractivity contribution is 0.0689. The van der Waals surface area contributed by atoms with Gasteiger partial charge in [-0.1, -0.05) is 30.2 Å². The second-order valence-corrected chi connectivity index (χ2v) is 10.2. The minimum atomic E-state index is 0.0797. The summed E-state index contributed by atoms with van der Waals surface area (Å²) in [4.78, 5) is 17.2. The molecular formula is C28H37ClN2O2. The van der Waals surface area contributed by atoms with Crippen molar-refractivity contribution in [3.8, 4) is 5.75 Å². The molecule has 0 unspecified atom stereocenters. The fraction of sp³-hybridized carbons (Fsp3) is 0.536. The quantitative estimate of drug-likeness (QED) is 0.471. The van der Waals surface area contributed by atoms with Gasteiger partial charge in [-0.25, -0.2) is 0 Å². The third kappa shape index (κ3) is 6.30. The molecule has 178 valence electrons. The first-order chi connectivity index (χ1) is 16.0. The summed E-state index contributed by atoms with van der Waals surface area (Å²) in [5.74, 6) is 1.61. The molecule has 1 saturated carbocycles. The molecule has 1 heterocycles. The molecule has 1 amide bonds. The Kier molecular flexibility index (Phi) is 8.32. The Bertz CT molecular complexity index is 891. The highest BCUT2D eigenvalue weighted by molar-refractivity contribution is 6.30. The van der Waals surface area contributed by atoms with Crippen LogP contribution in [0.5, 0.6) is 5.75 Å². The van der Waals surface area contributed by atoms with Crippen molar-refractivity contribution in [1.82, 2.24) is 9.80 Å². The monoisotopic (exact) mass is 468 g/mol. The van der Waals surface area contributed by atoms with Crippen molar-refractivity contribution in [2.45, 2.75) is 69.4 Å². The van der Waals surface area contributed by atoms with Gasteiger partial charge in [-0.3, -0.25) is 4.79 Å². The molecule has 0 bridgehead atoms. The number of amides is 1. The second kappa shape index (κ2) is 11.4. The fourth-order valence-corrected chi connectivity index (χ4v) is 5.54. The highest BCUT2D eigenvalue weighted by Crippen LogP contribution is 2.35. The van der Waals surface area contributed by atoms with Gasteiger partial charge in [0.05, 0.1) is 6.61 Å². The van der Waals surface area contributed by atoms with E-state index < -0.39 is 0 Å². The number of carbonyl (C=O) groups is 1. The normalized spacial score (nSPS) is 23.8. The zero-order valence-electron chi connectivity index (χ0n) is 20.0. The van der Waals surface area contributed by atoms with Crippen molar-refractivity contribution < 1.29 is 9.53 Å². The van der Waals surface area contributed by atoms with Crippen LogP contribution in [0.25, 0.3) is 0 Å². The maximum Gasteiger partial charge on any atom is 0.253 e. The highest BCUT2D eigenvalue weighted by atomic mass is 35.5. The van der Waals surface area contributed by atoms with Gasteiger partial charge in [0.15, 0.2) is 0 Å². The minimum Gasteiger partial charge on any atom is -0.494 e. The lowest BCUT2D eigenvalue weighted by atomic mass is 9.81. The van der Waals surface area contributed by atoms with Crippen LogP contribution >= 0.6 is 11.6 Å². The van der Waals surface area contributed by atoms with Gasteiger partial charge in [-0.15, -0.1) is 0 Å². The van der Waals surface area contributed by atoms with E-state index in [-0.39, 0.29) is 5.91 Å². The standard InChI is InChI=1S/C28H37ClN2O2/c1-30-19-4-3-5-25(30)18-20-33-27-16-10-22(11-17-27)21-8-14-26(15-9-21)31(2)28(32)23-6-12-24(29)13-7-23/h6-7,10-13,16-17,21,25-26H,3-5,8-9,14-15,18-20H2,1-2H3/t21?,25-,26?/m0/s1. The number of carbonyl (C=O) groups excluding carboxylic acids is 1. The first-order valence-corrected chi connectivity index (χ1v) is 12.8. The Morgan fingerprint density at radius 1 is 1.00 bits per heavy atom. The summed E-state index contributed by atoms with van der Waals surface area (Å²) in [6, 6.07) is 16.9. The van der Waals surface area contributed by atoms with E-state index in [1.165, 1.54) is 31.4 Å². The summed E-state index contributed by atoms with van der Waals surface area (Å²) in [5, 5.41) is 0.656. The molecule has 4 rings (SSSR count). The number of hydrogen-bond donors (Lipinski definition) is 0. The molecule has 2 aromatic rings. The molecule has 0 radical (unpaired) electrons. The molecule has 0 spiro atoms. The number of likely N-dealkylation sites (tertiary alicyclic amines) is 1. The first kappa shape index (κ1) is 24.1. The molecular weight excluding hydrogens is 432 g/mol. The number of halogens is 1. The number of nitrogens with zero attached hydrogens (tertiary/aromatic N) is 2. The average molecular weight is 469 g/mol. The van der Waals surface area contributed by atoms with E-state index in [1.54, 1.807) is 12.1 Å². The Labute approximate surface area is 203 Å². The zero-order chi connectivity index (χ0) is 23.2. The predicted octanol–water partition coefficient (Wildman–Crippen LogP) is 6.39. The Morgan fingerprint density at radius 3 is 2.36 bits per heavy atom. The molecule has 1 atom stereocenters. The summed E-state index contributed by atoms with van der Waals surface area (Å²) in [7, 11) is 4.16. The molecule has 1 aliphatic heterocycles. The van der Waals surface area contributed by atoms with Crippen LogP contribution in [0.1, 0.15) is 73.2 Å². The van der Waals surface area contributed by atoms with Crippen molar-refractivity contribution in [3.05, 3.63) is 64.7 Å². The topological polar surface area (TPSA) is 32.8 Å². The van der Waals surface area contributed by atoms with Crippen LogP contribution in [-0.2, 0) is 0 Å². The number of benzene rings is 2. The van der Waals surface area contributed by atoms with Gasteiger partial charge >= 0.3 is 0 Å². The number of piperidine rings is 1. The van der Waals surface area contributed by atoms with E-state index in [0.717, 1.165) is 44.5 Å². The molecule has 2 aliphatic rings. The minimum absolute atomic E-state index is 0.0797. The van der Waals surface area contributed by atoms with Crippen LogP contribution in [0.4, 0.5) is 0 Å². The van der Waals surface area contributed by atoms with Crippen LogP contribution < -0.4 is 4.74 Å². The van der Waals surface area contributed by atoms with Crippen molar-refractivity contribution in [2.24, 2.45) is 0 Å². The smallest absolute Gasteiger partial charge is 0.253 e. The van der Waals surface area contributed by atoms with Crippen LogP contribution in [-0.4, -0.2) is 55.0 Å². The third-order valence-corrected chi connectivity index (χ3v) is 7.90. The van der Waals surface area contributed by atoms with Crippen LogP contribution in [0.2, 0.25) is 5.02 Å². The summed E-state index contributed by atoms with van der Waals surface area (Å²) >= 11 is 5.96. The van der Waals surface area contributed by atoms with Crippen molar-refractivity contribution in [1.29, 1.82) is 0 Å². The van der Waals surface area contributed by atoms with Gasteiger partial charge in [0.2, 0.25) is 0 Å². The molecule has 5 heteroatoms. The molecule has 2 aromatic carbocycles. The largest absolute Gasteiger partial charge is 0.494 e. The van der Waals surface area contributed by atoms with Gasteiger partial charge in [0, 0.05) is 29.7 Å². The van der Waals surface area contributed by atoms with Crippen LogP contribution in [0.15, 0.2) is 48.5 Å². The predicted molar refractivity (Wildman–Crippen MR) is 135 cm³/mol. The summed E-state index contributed by atoms with van der Waals surface area (Å²) in [6.07, 6.45) is 9.35. The molecule has 4 nitrogen and oxygen atoms in total. The molecule has 1 saturated heterocycles. The van der Waals surface area contributed by atoms with Crippen LogP contribution in [0, 0.1) is 0 Å². The van der Waals surface area contributed by atoms with Gasteiger partial charge in [0.25, 0.3) is 5.91 Å². The number of rotatable bonds is 7. The van der Waals surface area contributed by atoms with Crippen molar-refractivity contribution >= 4 is 17.5 Å². The van der Waals surface area contributed by atoms with Crippen molar-refractivity contribution in [3.63, 3.8) is 0 Å². The molecule has 1 aliphatic carbocycles. The van der Waals surface area contributed by atoms with Gasteiger partial charge in [-0.2, -0.15) is 0 Å². The SMILES string of the molecule is CN(C(=O)c1ccc(Cl)cc1)C1CCC(c2ccc(OCC[C@@H]3CCCCN3C)cc2)CC1. The summed E-state index contributed by atoms with van der Waals surface area (Å²) in [6.45, 7) is 2.00. The maximum absolute atomic E-state index is 12.8. The van der Waals surface area contributed by atoms with E-state index in [1.807, 2.05) is 24.1 Å². The number of ether oxygens (including phenoxy) is 1. The molecule has 0 N–H and O–H groups in total. The molecule has 33 heavy (non-hydrogen) atoms. The van der Waals surface area contributed by atoms with Gasteiger partial charge in [-0.05, 0) is 106 Å². The average Bonchev–Trinajstić information content (AvgIpc) is 2.85. The fourth-order valence-electron chi connectivity index (χ4n) is 5.42. The number of hydrogen-bond acceptors (Lipinski definition) is 3. The zero-order valence-corrected chi connectivity index (χ0v) is 20.8. The Hall–Kier alpha value is -2.04. The lowest BCUT2D eigenvalue weighted by Gasteiger charge is -2.35.